The zero-order chi connectivity index (χ0) is 17.2. The summed E-state index contributed by atoms with van der Waals surface area (Å²) in [6.07, 6.45) is 0.851. The zero-order valence-corrected chi connectivity index (χ0v) is 18.1. The number of aromatic nitrogens is 1. The van der Waals surface area contributed by atoms with Gasteiger partial charge in [0.1, 0.15) is 6.10 Å². The summed E-state index contributed by atoms with van der Waals surface area (Å²) in [5.41, 5.74) is 2.26. The van der Waals surface area contributed by atoms with Gasteiger partial charge >= 0.3 is 0 Å². The number of hydrogen-bond acceptors (Lipinski definition) is 4. The van der Waals surface area contributed by atoms with Crippen molar-refractivity contribution < 1.29 is 4.74 Å². The molecule has 0 aliphatic heterocycles. The lowest BCUT2D eigenvalue weighted by atomic mass is 10.1. The van der Waals surface area contributed by atoms with Crippen molar-refractivity contribution in [2.45, 2.75) is 26.4 Å². The van der Waals surface area contributed by atoms with Crippen LogP contribution in [0.3, 0.4) is 0 Å². The molecule has 0 bridgehead atoms. The molecular formula is C18H27IN4OS. The summed E-state index contributed by atoms with van der Waals surface area (Å²) in [6.45, 7) is 6.29. The van der Waals surface area contributed by atoms with Crippen LogP contribution in [-0.4, -0.2) is 37.7 Å². The van der Waals surface area contributed by atoms with Crippen molar-refractivity contribution in [1.82, 2.24) is 15.6 Å². The Labute approximate surface area is 171 Å². The van der Waals surface area contributed by atoms with Crippen LogP contribution >= 0.6 is 35.3 Å². The molecule has 0 aliphatic carbocycles. The molecule has 1 atom stereocenters. The first-order valence-electron chi connectivity index (χ1n) is 8.23. The van der Waals surface area contributed by atoms with E-state index in [-0.39, 0.29) is 30.1 Å². The van der Waals surface area contributed by atoms with E-state index in [0.29, 0.717) is 6.54 Å². The van der Waals surface area contributed by atoms with Gasteiger partial charge in [-0.15, -0.1) is 35.3 Å². The maximum Gasteiger partial charge on any atom is 0.191 e. The molecule has 1 aromatic carbocycles. The van der Waals surface area contributed by atoms with Gasteiger partial charge in [-0.3, -0.25) is 4.99 Å². The number of methoxy groups -OCH3 is 1. The van der Waals surface area contributed by atoms with E-state index in [4.69, 9.17) is 4.74 Å². The molecule has 0 saturated heterocycles. The third-order valence-electron chi connectivity index (χ3n) is 3.56. The van der Waals surface area contributed by atoms with Gasteiger partial charge in [0.2, 0.25) is 0 Å². The maximum atomic E-state index is 5.57. The van der Waals surface area contributed by atoms with Gasteiger partial charge in [-0.2, -0.15) is 0 Å². The van der Waals surface area contributed by atoms with Gasteiger partial charge < -0.3 is 15.4 Å². The summed E-state index contributed by atoms with van der Waals surface area (Å²) >= 11 is 1.69. The molecule has 1 heterocycles. The van der Waals surface area contributed by atoms with Gasteiger partial charge in [-0.05, 0) is 19.4 Å². The maximum absolute atomic E-state index is 5.57. The first-order chi connectivity index (χ1) is 11.7. The molecular weight excluding hydrogens is 447 g/mol. The minimum Gasteiger partial charge on any atom is -0.375 e. The minimum atomic E-state index is -0.0390. The first-order valence-corrected chi connectivity index (χ1v) is 9.11. The van der Waals surface area contributed by atoms with Gasteiger partial charge in [0.05, 0.1) is 17.2 Å². The van der Waals surface area contributed by atoms with Crippen LogP contribution in [0.25, 0.3) is 0 Å². The molecule has 138 valence electrons. The summed E-state index contributed by atoms with van der Waals surface area (Å²) in [4.78, 5) is 9.13. The highest BCUT2D eigenvalue weighted by Gasteiger charge is 2.09. The molecule has 1 aromatic heterocycles. The lowest BCUT2D eigenvalue weighted by Gasteiger charge is -2.15. The second-order valence-corrected chi connectivity index (χ2v) is 6.45. The third-order valence-corrected chi connectivity index (χ3v) is 4.38. The highest BCUT2D eigenvalue weighted by Crippen LogP contribution is 2.16. The topological polar surface area (TPSA) is 58.5 Å². The van der Waals surface area contributed by atoms with E-state index in [1.54, 1.807) is 18.4 Å². The van der Waals surface area contributed by atoms with Gasteiger partial charge in [0.15, 0.2) is 5.96 Å². The number of aliphatic imine (C=N–C) groups is 1. The fourth-order valence-electron chi connectivity index (χ4n) is 2.33. The Morgan fingerprint density at radius 2 is 2.04 bits per heavy atom. The predicted octanol–water partition coefficient (Wildman–Crippen LogP) is 3.55. The summed E-state index contributed by atoms with van der Waals surface area (Å²) in [5.74, 6) is 0.808. The van der Waals surface area contributed by atoms with E-state index < -0.39 is 0 Å². The molecule has 0 aliphatic rings. The largest absolute Gasteiger partial charge is 0.375 e. The van der Waals surface area contributed by atoms with Crippen LogP contribution < -0.4 is 10.6 Å². The molecule has 0 fully saturated rings. The Kier molecular flexibility index (Phi) is 10.7. The van der Waals surface area contributed by atoms with E-state index in [0.717, 1.165) is 41.7 Å². The number of benzene rings is 1. The standard InChI is InChI=1S/C18H26N4OS.HI/c1-4-19-18(20-11-10-16-13-24-14(2)22-16)21-12-17(23-3)15-8-6-5-7-9-15;/h5-9,13,17H,4,10-12H2,1-3H3,(H2,19,20,21);1H. The Hall–Kier alpha value is -1.19. The van der Waals surface area contributed by atoms with Gasteiger partial charge in [0, 0.05) is 32.0 Å². The van der Waals surface area contributed by atoms with Crippen molar-refractivity contribution >= 4 is 41.3 Å². The van der Waals surface area contributed by atoms with Crippen molar-refractivity contribution in [1.29, 1.82) is 0 Å². The quantitative estimate of drug-likeness (QED) is 0.349. The predicted molar refractivity (Wildman–Crippen MR) is 116 cm³/mol. The van der Waals surface area contributed by atoms with Crippen LogP contribution in [0, 0.1) is 6.92 Å². The first kappa shape index (κ1) is 21.9. The normalized spacial score (nSPS) is 12.4. The van der Waals surface area contributed by atoms with Gasteiger partial charge in [-0.25, -0.2) is 4.98 Å². The molecule has 5 nitrogen and oxygen atoms in total. The molecule has 2 aromatic rings. The summed E-state index contributed by atoms with van der Waals surface area (Å²) < 4.78 is 5.57. The Bertz CT molecular complexity index is 633. The molecule has 0 amide bonds. The van der Waals surface area contributed by atoms with Crippen molar-refractivity contribution in [2.24, 2.45) is 4.99 Å². The number of nitrogens with one attached hydrogen (secondary N) is 2. The van der Waals surface area contributed by atoms with E-state index in [1.807, 2.05) is 25.1 Å². The molecule has 7 heteroatoms. The molecule has 0 spiro atoms. The van der Waals surface area contributed by atoms with Crippen molar-refractivity contribution in [2.75, 3.05) is 26.7 Å². The number of ether oxygens (including phenoxy) is 1. The zero-order valence-electron chi connectivity index (χ0n) is 15.0. The van der Waals surface area contributed by atoms with Gasteiger partial charge in [-0.1, -0.05) is 30.3 Å². The summed E-state index contributed by atoms with van der Waals surface area (Å²) in [6, 6.07) is 10.2. The monoisotopic (exact) mass is 474 g/mol. The average Bonchev–Trinajstić information content (AvgIpc) is 3.01. The highest BCUT2D eigenvalue weighted by atomic mass is 127. The average molecular weight is 474 g/mol. The number of halogens is 1. The Morgan fingerprint density at radius 3 is 2.64 bits per heavy atom. The molecule has 0 radical (unpaired) electrons. The molecule has 1 unspecified atom stereocenters. The lowest BCUT2D eigenvalue weighted by molar-refractivity contribution is 0.111. The number of aryl methyl sites for hydroxylation is 1. The third kappa shape index (κ3) is 7.70. The summed E-state index contributed by atoms with van der Waals surface area (Å²) in [5, 5.41) is 9.84. The molecule has 0 saturated carbocycles. The lowest BCUT2D eigenvalue weighted by Crippen LogP contribution is -2.38. The number of guanidine groups is 1. The SMILES string of the molecule is CCNC(=NCC(OC)c1ccccc1)NCCc1csc(C)n1.I. The Morgan fingerprint density at radius 1 is 1.28 bits per heavy atom. The van der Waals surface area contributed by atoms with Crippen LogP contribution in [0.1, 0.15) is 29.3 Å². The minimum absolute atomic E-state index is 0. The number of rotatable bonds is 8. The van der Waals surface area contributed by atoms with Crippen molar-refractivity contribution in [3.8, 4) is 0 Å². The van der Waals surface area contributed by atoms with Crippen LogP contribution in [0.2, 0.25) is 0 Å². The highest BCUT2D eigenvalue weighted by molar-refractivity contribution is 14.0. The molecule has 2 N–H and O–H groups in total. The van der Waals surface area contributed by atoms with Gasteiger partial charge in [0.25, 0.3) is 0 Å². The van der Waals surface area contributed by atoms with Crippen LogP contribution in [-0.2, 0) is 11.2 Å². The van der Waals surface area contributed by atoms with Crippen molar-refractivity contribution in [3.05, 3.63) is 52.0 Å². The van der Waals surface area contributed by atoms with E-state index in [2.05, 4.69) is 45.0 Å². The molecule has 2 rings (SSSR count). The number of thiazole rings is 1. The fourth-order valence-corrected chi connectivity index (χ4v) is 2.98. The number of nitrogens with zero attached hydrogens (tertiary/aromatic N) is 2. The smallest absolute Gasteiger partial charge is 0.191 e. The van der Waals surface area contributed by atoms with Crippen molar-refractivity contribution in [3.63, 3.8) is 0 Å². The number of hydrogen-bond donors (Lipinski definition) is 2. The Balaban J connectivity index is 0.00000312. The van der Waals surface area contributed by atoms with E-state index >= 15 is 0 Å². The molecule has 25 heavy (non-hydrogen) atoms. The van der Waals surface area contributed by atoms with E-state index in [1.165, 1.54) is 0 Å². The second-order valence-electron chi connectivity index (χ2n) is 5.39. The van der Waals surface area contributed by atoms with Crippen LogP contribution in [0.15, 0.2) is 40.7 Å². The summed E-state index contributed by atoms with van der Waals surface area (Å²) in [7, 11) is 1.72. The fraction of sp³-hybridized carbons (Fsp3) is 0.444. The van der Waals surface area contributed by atoms with E-state index in [9.17, 15) is 0 Å². The second kappa shape index (κ2) is 12.2. The van der Waals surface area contributed by atoms with Crippen LogP contribution in [0.5, 0.6) is 0 Å². The van der Waals surface area contributed by atoms with Crippen LogP contribution in [0.4, 0.5) is 0 Å².